The Hall–Kier alpha value is -2.84. The van der Waals surface area contributed by atoms with E-state index in [0.29, 0.717) is 57.2 Å². The van der Waals surface area contributed by atoms with E-state index >= 15 is 0 Å². The van der Waals surface area contributed by atoms with Crippen LogP contribution in [0.5, 0.6) is 5.75 Å². The summed E-state index contributed by atoms with van der Waals surface area (Å²) in [7, 11) is 5.08. The molecule has 0 fully saturated rings. The monoisotopic (exact) mass is 445 g/mol. The molecule has 0 saturated carbocycles. The molecule has 176 valence electrons. The van der Waals surface area contributed by atoms with E-state index in [9.17, 15) is 9.59 Å². The summed E-state index contributed by atoms with van der Waals surface area (Å²) in [5, 5.41) is 0. The van der Waals surface area contributed by atoms with Gasteiger partial charge in [0.25, 0.3) is 5.91 Å². The van der Waals surface area contributed by atoms with E-state index in [1.165, 1.54) is 7.11 Å². The van der Waals surface area contributed by atoms with Gasteiger partial charge in [0.2, 0.25) is 5.91 Å². The minimum Gasteiger partial charge on any atom is -0.496 e. The Bertz CT molecular complexity index is 852. The molecule has 32 heavy (non-hydrogen) atoms. The standard InChI is InChI=1S/C24H35N3O5/c1-5-32-16-9-14-27(24(29)21-11-6-7-12-22(21)31-4)19-23(28)26(15-17-30-3)18-20-10-8-13-25(20)2/h6-8,10-13H,5,9,14-19H2,1-4H3. The van der Waals surface area contributed by atoms with Gasteiger partial charge in [-0.2, -0.15) is 0 Å². The van der Waals surface area contributed by atoms with Gasteiger partial charge in [0.1, 0.15) is 12.3 Å². The zero-order chi connectivity index (χ0) is 23.3. The van der Waals surface area contributed by atoms with Crippen LogP contribution >= 0.6 is 0 Å². The summed E-state index contributed by atoms with van der Waals surface area (Å²) < 4.78 is 18.0. The summed E-state index contributed by atoms with van der Waals surface area (Å²) >= 11 is 0. The number of methoxy groups -OCH3 is 2. The van der Waals surface area contributed by atoms with Gasteiger partial charge < -0.3 is 28.6 Å². The van der Waals surface area contributed by atoms with Crippen LogP contribution in [0.3, 0.4) is 0 Å². The second-order valence-electron chi connectivity index (χ2n) is 7.40. The highest BCUT2D eigenvalue weighted by Crippen LogP contribution is 2.20. The van der Waals surface area contributed by atoms with Crippen LogP contribution in [0.4, 0.5) is 0 Å². The third-order valence-corrected chi connectivity index (χ3v) is 5.19. The normalized spacial score (nSPS) is 10.8. The first-order valence-corrected chi connectivity index (χ1v) is 10.9. The van der Waals surface area contributed by atoms with Crippen LogP contribution in [0.15, 0.2) is 42.6 Å². The predicted molar refractivity (Wildman–Crippen MR) is 123 cm³/mol. The fourth-order valence-corrected chi connectivity index (χ4v) is 3.36. The molecule has 0 N–H and O–H groups in total. The van der Waals surface area contributed by atoms with Crippen LogP contribution in [0.2, 0.25) is 0 Å². The second-order valence-corrected chi connectivity index (χ2v) is 7.40. The quantitative estimate of drug-likeness (QED) is 0.418. The van der Waals surface area contributed by atoms with E-state index in [1.54, 1.807) is 35.1 Å². The highest BCUT2D eigenvalue weighted by atomic mass is 16.5. The topological polar surface area (TPSA) is 73.2 Å². The number of aromatic nitrogens is 1. The lowest BCUT2D eigenvalue weighted by atomic mass is 10.1. The second kappa shape index (κ2) is 13.5. The van der Waals surface area contributed by atoms with Gasteiger partial charge in [-0.15, -0.1) is 0 Å². The summed E-state index contributed by atoms with van der Waals surface area (Å²) in [4.78, 5) is 29.9. The number of ether oxygens (including phenoxy) is 3. The number of benzene rings is 1. The van der Waals surface area contributed by atoms with Crippen molar-refractivity contribution in [3.63, 3.8) is 0 Å². The molecule has 8 nitrogen and oxygen atoms in total. The molecule has 1 aromatic carbocycles. The van der Waals surface area contributed by atoms with E-state index in [-0.39, 0.29) is 18.4 Å². The van der Waals surface area contributed by atoms with Crippen LogP contribution in [0.1, 0.15) is 29.4 Å². The fraction of sp³-hybridized carbons (Fsp3) is 0.500. The molecule has 2 aromatic rings. The number of hydrogen-bond donors (Lipinski definition) is 0. The summed E-state index contributed by atoms with van der Waals surface area (Å²) in [5.41, 5.74) is 1.44. The lowest BCUT2D eigenvalue weighted by Gasteiger charge is -2.28. The first-order valence-electron chi connectivity index (χ1n) is 10.9. The molecule has 0 aliphatic rings. The molecule has 0 saturated heterocycles. The molecular formula is C24H35N3O5. The van der Waals surface area contributed by atoms with Gasteiger partial charge in [-0.05, 0) is 37.6 Å². The van der Waals surface area contributed by atoms with Crippen molar-refractivity contribution in [3.05, 3.63) is 53.9 Å². The number of nitrogens with zero attached hydrogens (tertiary/aromatic N) is 3. The van der Waals surface area contributed by atoms with Crippen molar-refractivity contribution < 1.29 is 23.8 Å². The van der Waals surface area contributed by atoms with Crippen LogP contribution in [0, 0.1) is 0 Å². The Kier molecular flexibility index (Phi) is 10.8. The van der Waals surface area contributed by atoms with Crippen molar-refractivity contribution in [2.75, 3.05) is 53.7 Å². The highest BCUT2D eigenvalue weighted by Gasteiger charge is 2.24. The van der Waals surface area contributed by atoms with Crippen molar-refractivity contribution >= 4 is 11.8 Å². The molecule has 2 amide bonds. The van der Waals surface area contributed by atoms with E-state index in [2.05, 4.69) is 0 Å². The molecule has 0 radical (unpaired) electrons. The van der Waals surface area contributed by atoms with Gasteiger partial charge in [-0.1, -0.05) is 12.1 Å². The lowest BCUT2D eigenvalue weighted by Crippen LogP contribution is -2.44. The number of carbonyl (C=O) groups excluding carboxylic acids is 2. The number of aryl methyl sites for hydroxylation is 1. The Morgan fingerprint density at radius 3 is 2.44 bits per heavy atom. The largest absolute Gasteiger partial charge is 0.496 e. The third kappa shape index (κ3) is 7.39. The van der Waals surface area contributed by atoms with Gasteiger partial charge in [0.05, 0.1) is 25.8 Å². The van der Waals surface area contributed by atoms with E-state index in [1.807, 2.05) is 42.9 Å². The SMILES string of the molecule is CCOCCCN(CC(=O)N(CCOC)Cc1cccn1C)C(=O)c1ccccc1OC. The van der Waals surface area contributed by atoms with Crippen LogP contribution in [0.25, 0.3) is 0 Å². The maximum atomic E-state index is 13.3. The molecule has 8 heteroatoms. The minimum absolute atomic E-state index is 0.0306. The highest BCUT2D eigenvalue weighted by molar-refractivity contribution is 5.98. The van der Waals surface area contributed by atoms with E-state index in [0.717, 1.165) is 5.69 Å². The van der Waals surface area contributed by atoms with Crippen molar-refractivity contribution in [1.82, 2.24) is 14.4 Å². The average Bonchev–Trinajstić information content (AvgIpc) is 3.22. The molecule has 0 spiro atoms. The van der Waals surface area contributed by atoms with Crippen molar-refractivity contribution in [1.29, 1.82) is 0 Å². The molecule has 0 atom stereocenters. The third-order valence-electron chi connectivity index (χ3n) is 5.19. The number of amides is 2. The molecule has 1 heterocycles. The van der Waals surface area contributed by atoms with Crippen molar-refractivity contribution in [2.24, 2.45) is 7.05 Å². The predicted octanol–water partition coefficient (Wildman–Crippen LogP) is 2.58. The Morgan fingerprint density at radius 1 is 1.00 bits per heavy atom. The molecule has 0 unspecified atom stereocenters. The molecule has 0 aliphatic carbocycles. The van der Waals surface area contributed by atoms with Crippen molar-refractivity contribution in [3.8, 4) is 5.75 Å². The lowest BCUT2D eigenvalue weighted by molar-refractivity contribution is -0.133. The number of para-hydroxylation sites is 1. The average molecular weight is 446 g/mol. The van der Waals surface area contributed by atoms with Gasteiger partial charge >= 0.3 is 0 Å². The molecular weight excluding hydrogens is 410 g/mol. The minimum atomic E-state index is -0.238. The van der Waals surface area contributed by atoms with E-state index in [4.69, 9.17) is 14.2 Å². The van der Waals surface area contributed by atoms with Gasteiger partial charge in [0, 0.05) is 52.4 Å². The smallest absolute Gasteiger partial charge is 0.258 e. The van der Waals surface area contributed by atoms with Gasteiger partial charge in [0.15, 0.2) is 0 Å². The van der Waals surface area contributed by atoms with E-state index < -0.39 is 0 Å². The summed E-state index contributed by atoms with van der Waals surface area (Å²) in [5.74, 6) is 0.112. The van der Waals surface area contributed by atoms with Gasteiger partial charge in [-0.3, -0.25) is 9.59 Å². The summed E-state index contributed by atoms with van der Waals surface area (Å²) in [6, 6.07) is 11.0. The first kappa shape index (κ1) is 25.4. The molecule has 2 rings (SSSR count). The van der Waals surface area contributed by atoms with Crippen LogP contribution in [-0.4, -0.2) is 79.9 Å². The molecule has 0 bridgehead atoms. The van der Waals surface area contributed by atoms with Crippen LogP contribution < -0.4 is 4.74 Å². The summed E-state index contributed by atoms with van der Waals surface area (Å²) in [6.07, 6.45) is 2.58. The molecule has 0 aliphatic heterocycles. The Morgan fingerprint density at radius 2 is 1.78 bits per heavy atom. The zero-order valence-electron chi connectivity index (χ0n) is 19.6. The Balaban J connectivity index is 2.19. The van der Waals surface area contributed by atoms with Crippen LogP contribution in [-0.2, 0) is 27.9 Å². The van der Waals surface area contributed by atoms with Crippen molar-refractivity contribution in [2.45, 2.75) is 19.9 Å². The molecule has 1 aromatic heterocycles. The number of carbonyl (C=O) groups is 2. The summed E-state index contributed by atoms with van der Waals surface area (Å²) in [6.45, 7) is 4.75. The number of hydrogen-bond acceptors (Lipinski definition) is 5. The first-order chi connectivity index (χ1) is 15.5. The maximum Gasteiger partial charge on any atom is 0.258 e. The van der Waals surface area contributed by atoms with Gasteiger partial charge in [-0.25, -0.2) is 0 Å². The maximum absolute atomic E-state index is 13.3. The zero-order valence-corrected chi connectivity index (χ0v) is 19.6. The fourth-order valence-electron chi connectivity index (χ4n) is 3.36. The number of rotatable bonds is 14. The Labute approximate surface area is 190 Å².